The van der Waals surface area contributed by atoms with E-state index in [1.54, 1.807) is 24.3 Å². The summed E-state index contributed by atoms with van der Waals surface area (Å²) in [6, 6.07) is 19.4. The molecular formula is C29H29N3O6. The number of amides is 1. The fraction of sp³-hybridized carbons (Fsp3) is 0.241. The number of rotatable bonds is 9. The van der Waals surface area contributed by atoms with Gasteiger partial charge in [-0.25, -0.2) is 0 Å². The minimum Gasteiger partial charge on any atom is -0.507 e. The largest absolute Gasteiger partial charge is 0.507 e. The molecule has 1 aliphatic heterocycles. The zero-order valence-electron chi connectivity index (χ0n) is 21.5. The van der Waals surface area contributed by atoms with E-state index in [-0.39, 0.29) is 23.6 Å². The van der Waals surface area contributed by atoms with Crippen LogP contribution in [0.3, 0.4) is 0 Å². The molecule has 196 valence electrons. The first-order chi connectivity index (χ1) is 18.2. The number of carbonyl (C=O) groups is 2. The molecule has 9 nitrogen and oxygen atoms in total. The SMILES string of the molecule is Cc1cccc(COc2ccc(C(O)=C3C(=O)C(=O)N(CCN(C)C)[C@@H]3c3ccc([N+](=O)[O-])cc3)cc2)c1. The van der Waals surface area contributed by atoms with Gasteiger partial charge in [-0.2, -0.15) is 0 Å². The van der Waals surface area contributed by atoms with Crippen LogP contribution in [0.15, 0.2) is 78.4 Å². The van der Waals surface area contributed by atoms with Gasteiger partial charge in [0.1, 0.15) is 18.1 Å². The predicted molar refractivity (Wildman–Crippen MR) is 143 cm³/mol. The molecule has 9 heteroatoms. The maximum Gasteiger partial charge on any atom is 0.295 e. The number of likely N-dealkylation sites (N-methyl/N-ethyl adjacent to an activating group) is 1. The molecule has 1 heterocycles. The fourth-order valence-corrected chi connectivity index (χ4v) is 4.38. The smallest absolute Gasteiger partial charge is 0.295 e. The molecule has 3 aromatic carbocycles. The van der Waals surface area contributed by atoms with Crippen LogP contribution in [0.5, 0.6) is 5.75 Å². The Balaban J connectivity index is 1.66. The third-order valence-electron chi connectivity index (χ3n) is 6.36. The Morgan fingerprint density at radius 3 is 2.34 bits per heavy atom. The number of hydrogen-bond acceptors (Lipinski definition) is 7. The van der Waals surface area contributed by atoms with Crippen LogP contribution in [0.1, 0.15) is 28.3 Å². The van der Waals surface area contributed by atoms with Gasteiger partial charge in [-0.05, 0) is 68.5 Å². The first kappa shape index (κ1) is 26.6. The number of ether oxygens (including phenoxy) is 1. The molecule has 0 aliphatic carbocycles. The average Bonchev–Trinajstić information content (AvgIpc) is 3.15. The number of nitro groups is 1. The lowest BCUT2D eigenvalue weighted by Gasteiger charge is -2.26. The first-order valence-electron chi connectivity index (χ1n) is 12.1. The van der Waals surface area contributed by atoms with Crippen molar-refractivity contribution in [2.45, 2.75) is 19.6 Å². The highest BCUT2D eigenvalue weighted by molar-refractivity contribution is 6.46. The summed E-state index contributed by atoms with van der Waals surface area (Å²) in [6.45, 7) is 3.12. The lowest BCUT2D eigenvalue weighted by molar-refractivity contribution is -0.384. The van der Waals surface area contributed by atoms with Crippen molar-refractivity contribution in [3.05, 3.63) is 111 Å². The molecule has 4 rings (SSSR count). The average molecular weight is 516 g/mol. The summed E-state index contributed by atoms with van der Waals surface area (Å²) in [4.78, 5) is 40.0. The topological polar surface area (TPSA) is 113 Å². The van der Waals surface area contributed by atoms with Crippen molar-refractivity contribution < 1.29 is 24.4 Å². The summed E-state index contributed by atoms with van der Waals surface area (Å²) in [5, 5.41) is 22.4. The van der Waals surface area contributed by atoms with E-state index < -0.39 is 22.7 Å². The third-order valence-corrected chi connectivity index (χ3v) is 6.36. The molecule has 1 amide bonds. The van der Waals surface area contributed by atoms with Crippen LogP contribution in [0.2, 0.25) is 0 Å². The number of hydrogen-bond donors (Lipinski definition) is 1. The molecule has 0 saturated carbocycles. The number of carbonyl (C=O) groups excluding carboxylic acids is 2. The minimum absolute atomic E-state index is 0.0592. The molecule has 3 aromatic rings. The first-order valence-corrected chi connectivity index (χ1v) is 12.1. The van der Waals surface area contributed by atoms with Crippen molar-refractivity contribution >= 4 is 23.1 Å². The highest BCUT2D eigenvalue weighted by Crippen LogP contribution is 2.39. The number of aliphatic hydroxyl groups excluding tert-OH is 1. The maximum absolute atomic E-state index is 13.1. The molecule has 1 atom stereocenters. The maximum atomic E-state index is 13.1. The van der Waals surface area contributed by atoms with Gasteiger partial charge in [0.05, 0.1) is 16.5 Å². The van der Waals surface area contributed by atoms with E-state index in [0.717, 1.165) is 11.1 Å². The fourth-order valence-electron chi connectivity index (χ4n) is 4.38. The molecule has 0 radical (unpaired) electrons. The Hall–Kier alpha value is -4.50. The van der Waals surface area contributed by atoms with Crippen molar-refractivity contribution in [1.29, 1.82) is 0 Å². The second-order valence-corrected chi connectivity index (χ2v) is 9.45. The monoisotopic (exact) mass is 515 g/mol. The Morgan fingerprint density at radius 2 is 1.74 bits per heavy atom. The van der Waals surface area contributed by atoms with Crippen molar-refractivity contribution in [2.75, 3.05) is 27.2 Å². The van der Waals surface area contributed by atoms with E-state index in [0.29, 0.717) is 30.0 Å². The molecule has 0 unspecified atom stereocenters. The van der Waals surface area contributed by atoms with Crippen LogP contribution in [0.25, 0.3) is 5.76 Å². The number of likely N-dealkylation sites (tertiary alicyclic amines) is 1. The molecule has 0 spiro atoms. The van der Waals surface area contributed by atoms with Crippen LogP contribution >= 0.6 is 0 Å². The van der Waals surface area contributed by atoms with Gasteiger partial charge in [-0.15, -0.1) is 0 Å². The van der Waals surface area contributed by atoms with Gasteiger partial charge in [0.25, 0.3) is 17.4 Å². The second kappa shape index (κ2) is 11.3. The Labute approximate surface area is 220 Å². The summed E-state index contributed by atoms with van der Waals surface area (Å²) in [7, 11) is 3.69. The van der Waals surface area contributed by atoms with E-state index >= 15 is 0 Å². The van der Waals surface area contributed by atoms with Crippen molar-refractivity contribution in [3.63, 3.8) is 0 Å². The Bertz CT molecular complexity index is 1380. The van der Waals surface area contributed by atoms with Crippen molar-refractivity contribution in [3.8, 4) is 5.75 Å². The van der Waals surface area contributed by atoms with Crippen LogP contribution in [-0.4, -0.2) is 58.7 Å². The molecule has 0 aromatic heterocycles. The van der Waals surface area contributed by atoms with E-state index in [9.17, 15) is 24.8 Å². The van der Waals surface area contributed by atoms with Crippen LogP contribution in [0, 0.1) is 17.0 Å². The lowest BCUT2D eigenvalue weighted by atomic mass is 9.95. The number of nitro benzene ring substituents is 1. The van der Waals surface area contributed by atoms with Crippen LogP contribution in [0.4, 0.5) is 5.69 Å². The zero-order chi connectivity index (χ0) is 27.4. The van der Waals surface area contributed by atoms with Gasteiger partial charge in [0.2, 0.25) is 0 Å². The van der Waals surface area contributed by atoms with Gasteiger partial charge >= 0.3 is 0 Å². The molecular weight excluding hydrogens is 486 g/mol. The van der Waals surface area contributed by atoms with E-state index in [1.807, 2.05) is 50.2 Å². The van der Waals surface area contributed by atoms with Crippen molar-refractivity contribution in [1.82, 2.24) is 9.80 Å². The number of ketones is 1. The zero-order valence-corrected chi connectivity index (χ0v) is 21.5. The van der Waals surface area contributed by atoms with E-state index in [1.165, 1.54) is 29.2 Å². The summed E-state index contributed by atoms with van der Waals surface area (Å²) < 4.78 is 5.85. The summed E-state index contributed by atoms with van der Waals surface area (Å²) in [6.07, 6.45) is 0. The van der Waals surface area contributed by atoms with Crippen LogP contribution < -0.4 is 4.74 Å². The Morgan fingerprint density at radius 1 is 1.05 bits per heavy atom. The highest BCUT2D eigenvalue weighted by Gasteiger charge is 2.46. The molecule has 0 bridgehead atoms. The highest BCUT2D eigenvalue weighted by atomic mass is 16.6. The molecule has 1 fully saturated rings. The summed E-state index contributed by atoms with van der Waals surface area (Å²) >= 11 is 0. The van der Waals surface area contributed by atoms with Gasteiger partial charge in [0, 0.05) is 30.8 Å². The number of nitrogens with zero attached hydrogens (tertiary/aromatic N) is 3. The van der Waals surface area contributed by atoms with Gasteiger partial charge in [-0.3, -0.25) is 19.7 Å². The molecule has 1 saturated heterocycles. The summed E-state index contributed by atoms with van der Waals surface area (Å²) in [5.74, 6) is -1.26. The summed E-state index contributed by atoms with van der Waals surface area (Å²) in [5.41, 5.74) is 2.84. The standard InChI is InChI=1S/C29H29N3O6/c1-19-5-4-6-20(17-19)18-38-24-13-9-22(10-14-24)27(33)25-26(21-7-11-23(12-8-21)32(36)37)31(16-15-30(2)3)29(35)28(25)34/h4-14,17,26,33H,15-16,18H2,1-3H3/t26-/m1/s1. The Kier molecular flexibility index (Phi) is 7.87. The number of aryl methyl sites for hydroxylation is 1. The van der Waals surface area contributed by atoms with Gasteiger partial charge in [-0.1, -0.05) is 29.8 Å². The predicted octanol–water partition coefficient (Wildman–Crippen LogP) is 4.47. The van der Waals surface area contributed by atoms with Gasteiger partial charge in [0.15, 0.2) is 0 Å². The minimum atomic E-state index is -0.881. The van der Waals surface area contributed by atoms with Crippen molar-refractivity contribution in [2.24, 2.45) is 0 Å². The second-order valence-electron chi connectivity index (χ2n) is 9.45. The van der Waals surface area contributed by atoms with E-state index in [2.05, 4.69) is 0 Å². The number of aliphatic hydroxyl groups is 1. The quantitative estimate of drug-likeness (QED) is 0.147. The normalized spacial score (nSPS) is 16.7. The molecule has 1 aliphatic rings. The van der Waals surface area contributed by atoms with Crippen LogP contribution in [-0.2, 0) is 16.2 Å². The van der Waals surface area contributed by atoms with E-state index in [4.69, 9.17) is 4.74 Å². The molecule has 38 heavy (non-hydrogen) atoms. The number of Topliss-reactive ketones (excluding diaryl/α,β-unsaturated/α-hetero) is 1. The lowest BCUT2D eigenvalue weighted by Crippen LogP contribution is -2.35. The number of non-ortho nitro benzene ring substituents is 1. The third kappa shape index (κ3) is 5.73. The van der Waals surface area contributed by atoms with Gasteiger partial charge < -0.3 is 19.6 Å². The molecule has 1 N–H and O–H groups in total. The number of benzene rings is 3.